The van der Waals surface area contributed by atoms with Crippen LogP contribution >= 0.6 is 15.9 Å². The molecule has 1 aliphatic rings. The Hall–Kier alpha value is -1.07. The van der Waals surface area contributed by atoms with Crippen LogP contribution in [0, 0.1) is 5.92 Å². The molecule has 1 aliphatic heterocycles. The minimum absolute atomic E-state index is 0.0975. The predicted octanol–water partition coefficient (Wildman–Crippen LogP) is 2.19. The second-order valence-electron chi connectivity index (χ2n) is 4.53. The third kappa shape index (κ3) is 3.46. The van der Waals surface area contributed by atoms with E-state index in [4.69, 9.17) is 10.5 Å². The lowest BCUT2D eigenvalue weighted by molar-refractivity contribution is 0.0536. The van der Waals surface area contributed by atoms with E-state index >= 15 is 0 Å². The Bertz CT molecular complexity index is 431. The molecule has 1 heterocycles. The van der Waals surface area contributed by atoms with E-state index in [9.17, 15) is 4.79 Å². The number of carbonyl (C=O) groups is 1. The molecule has 1 amide bonds. The fourth-order valence-corrected chi connectivity index (χ4v) is 2.44. The molecule has 1 aromatic carbocycles. The lowest BCUT2D eigenvalue weighted by Gasteiger charge is -2.22. The van der Waals surface area contributed by atoms with E-state index in [1.54, 1.807) is 18.2 Å². The van der Waals surface area contributed by atoms with E-state index in [0.29, 0.717) is 23.7 Å². The number of carbonyl (C=O) groups excluding carboxylic acids is 1. The van der Waals surface area contributed by atoms with Crippen molar-refractivity contribution in [1.29, 1.82) is 0 Å². The Kier molecular flexibility index (Phi) is 4.60. The standard InChI is InChI=1S/C13H17BrN2O2/c14-12-4-3-10(15)6-11(12)13(17)16-7-9-2-1-5-18-8-9/h3-4,6,9H,1-2,5,7-8,15H2,(H,16,17). The van der Waals surface area contributed by atoms with Crippen LogP contribution in [0.2, 0.25) is 0 Å². The van der Waals surface area contributed by atoms with E-state index in [1.807, 2.05) is 0 Å². The van der Waals surface area contributed by atoms with E-state index in [1.165, 1.54) is 0 Å². The number of hydrogen-bond donors (Lipinski definition) is 2. The van der Waals surface area contributed by atoms with Crippen LogP contribution in [0.25, 0.3) is 0 Å². The number of hydrogen-bond acceptors (Lipinski definition) is 3. The van der Waals surface area contributed by atoms with Crippen molar-refractivity contribution in [3.05, 3.63) is 28.2 Å². The van der Waals surface area contributed by atoms with Gasteiger partial charge in [0.2, 0.25) is 0 Å². The summed E-state index contributed by atoms with van der Waals surface area (Å²) in [4.78, 5) is 12.0. The van der Waals surface area contributed by atoms with E-state index in [0.717, 1.165) is 30.5 Å². The molecule has 18 heavy (non-hydrogen) atoms. The molecule has 0 spiro atoms. The minimum atomic E-state index is -0.0975. The molecule has 1 aromatic rings. The van der Waals surface area contributed by atoms with Crippen LogP contribution in [0.15, 0.2) is 22.7 Å². The van der Waals surface area contributed by atoms with Crippen LogP contribution in [-0.2, 0) is 4.74 Å². The SMILES string of the molecule is Nc1ccc(Br)c(C(=O)NCC2CCCOC2)c1. The lowest BCUT2D eigenvalue weighted by Crippen LogP contribution is -2.33. The number of anilines is 1. The normalized spacial score (nSPS) is 19.5. The molecule has 4 nitrogen and oxygen atoms in total. The fourth-order valence-electron chi connectivity index (χ4n) is 2.02. The molecular formula is C13H17BrN2O2. The highest BCUT2D eigenvalue weighted by Crippen LogP contribution is 2.19. The Labute approximate surface area is 115 Å². The van der Waals surface area contributed by atoms with Gasteiger partial charge in [0.05, 0.1) is 12.2 Å². The van der Waals surface area contributed by atoms with Gasteiger partial charge in [0, 0.05) is 23.3 Å². The van der Waals surface area contributed by atoms with Gasteiger partial charge in [-0.2, -0.15) is 0 Å². The van der Waals surface area contributed by atoms with Crippen LogP contribution in [0.3, 0.4) is 0 Å². The largest absolute Gasteiger partial charge is 0.399 e. The fraction of sp³-hybridized carbons (Fsp3) is 0.462. The molecule has 1 saturated heterocycles. The van der Waals surface area contributed by atoms with Gasteiger partial charge in [-0.25, -0.2) is 0 Å². The van der Waals surface area contributed by atoms with Gasteiger partial charge in [0.1, 0.15) is 0 Å². The van der Waals surface area contributed by atoms with Crippen LogP contribution in [0.5, 0.6) is 0 Å². The number of ether oxygens (including phenoxy) is 1. The summed E-state index contributed by atoms with van der Waals surface area (Å²) in [5.41, 5.74) is 6.85. The summed E-state index contributed by atoms with van der Waals surface area (Å²) in [7, 11) is 0. The van der Waals surface area contributed by atoms with Crippen LogP contribution in [0.4, 0.5) is 5.69 Å². The first-order valence-corrected chi connectivity index (χ1v) is 6.87. The van der Waals surface area contributed by atoms with Gasteiger partial charge in [-0.1, -0.05) is 0 Å². The average molecular weight is 313 g/mol. The number of amides is 1. The number of halogens is 1. The van der Waals surface area contributed by atoms with Crippen molar-refractivity contribution in [3.8, 4) is 0 Å². The molecule has 1 unspecified atom stereocenters. The van der Waals surface area contributed by atoms with Crippen molar-refractivity contribution >= 4 is 27.5 Å². The Balaban J connectivity index is 1.92. The zero-order valence-electron chi connectivity index (χ0n) is 10.1. The first-order valence-electron chi connectivity index (χ1n) is 6.08. The monoisotopic (exact) mass is 312 g/mol. The third-order valence-electron chi connectivity index (χ3n) is 3.04. The molecule has 0 aliphatic carbocycles. The topological polar surface area (TPSA) is 64.4 Å². The number of benzene rings is 1. The summed E-state index contributed by atoms with van der Waals surface area (Å²) in [5.74, 6) is 0.322. The van der Waals surface area contributed by atoms with E-state index < -0.39 is 0 Å². The molecule has 5 heteroatoms. The van der Waals surface area contributed by atoms with Gasteiger partial charge >= 0.3 is 0 Å². The maximum atomic E-state index is 12.0. The number of nitrogens with two attached hydrogens (primary N) is 1. The summed E-state index contributed by atoms with van der Waals surface area (Å²) < 4.78 is 6.14. The maximum Gasteiger partial charge on any atom is 0.252 e. The quantitative estimate of drug-likeness (QED) is 0.841. The maximum absolute atomic E-state index is 12.0. The van der Waals surface area contributed by atoms with Crippen molar-refractivity contribution in [2.75, 3.05) is 25.5 Å². The van der Waals surface area contributed by atoms with Crippen LogP contribution in [-0.4, -0.2) is 25.7 Å². The van der Waals surface area contributed by atoms with Gasteiger partial charge in [-0.3, -0.25) is 4.79 Å². The number of nitrogen functional groups attached to an aromatic ring is 1. The smallest absolute Gasteiger partial charge is 0.252 e. The van der Waals surface area contributed by atoms with Crippen molar-refractivity contribution < 1.29 is 9.53 Å². The van der Waals surface area contributed by atoms with Gasteiger partial charge in [-0.05, 0) is 52.9 Å². The highest BCUT2D eigenvalue weighted by Gasteiger charge is 2.16. The molecule has 2 rings (SSSR count). The minimum Gasteiger partial charge on any atom is -0.399 e. The van der Waals surface area contributed by atoms with Crippen molar-refractivity contribution in [3.63, 3.8) is 0 Å². The molecular weight excluding hydrogens is 296 g/mol. The van der Waals surface area contributed by atoms with Gasteiger partial charge < -0.3 is 15.8 Å². The summed E-state index contributed by atoms with van der Waals surface area (Å²) in [6.07, 6.45) is 2.18. The van der Waals surface area contributed by atoms with Crippen LogP contribution in [0.1, 0.15) is 23.2 Å². The zero-order chi connectivity index (χ0) is 13.0. The summed E-state index contributed by atoms with van der Waals surface area (Å²) in [6.45, 7) is 2.23. The predicted molar refractivity (Wildman–Crippen MR) is 74.4 cm³/mol. The molecule has 98 valence electrons. The first-order chi connectivity index (χ1) is 8.66. The summed E-state index contributed by atoms with van der Waals surface area (Å²) >= 11 is 3.36. The van der Waals surface area contributed by atoms with Crippen molar-refractivity contribution in [1.82, 2.24) is 5.32 Å². The Morgan fingerprint density at radius 2 is 2.39 bits per heavy atom. The second-order valence-corrected chi connectivity index (χ2v) is 5.39. The summed E-state index contributed by atoms with van der Waals surface area (Å²) in [5, 5.41) is 2.93. The van der Waals surface area contributed by atoms with E-state index in [-0.39, 0.29) is 5.91 Å². The van der Waals surface area contributed by atoms with Gasteiger partial charge in [0.15, 0.2) is 0 Å². The van der Waals surface area contributed by atoms with Crippen molar-refractivity contribution in [2.45, 2.75) is 12.8 Å². The average Bonchev–Trinajstić information content (AvgIpc) is 2.40. The highest BCUT2D eigenvalue weighted by molar-refractivity contribution is 9.10. The summed E-state index contributed by atoms with van der Waals surface area (Å²) in [6, 6.07) is 5.22. The molecule has 3 N–H and O–H groups in total. The number of nitrogens with one attached hydrogen (secondary N) is 1. The lowest BCUT2D eigenvalue weighted by atomic mass is 10.0. The molecule has 0 bridgehead atoms. The third-order valence-corrected chi connectivity index (χ3v) is 3.73. The first kappa shape index (κ1) is 13.4. The number of rotatable bonds is 3. The highest BCUT2D eigenvalue weighted by atomic mass is 79.9. The Morgan fingerprint density at radius 3 is 3.11 bits per heavy atom. The molecule has 0 aromatic heterocycles. The van der Waals surface area contributed by atoms with Crippen molar-refractivity contribution in [2.24, 2.45) is 5.92 Å². The second kappa shape index (κ2) is 6.20. The Morgan fingerprint density at radius 1 is 1.56 bits per heavy atom. The van der Waals surface area contributed by atoms with Gasteiger partial charge in [0.25, 0.3) is 5.91 Å². The zero-order valence-corrected chi connectivity index (χ0v) is 11.7. The van der Waals surface area contributed by atoms with E-state index in [2.05, 4.69) is 21.2 Å². The molecule has 1 atom stereocenters. The van der Waals surface area contributed by atoms with Gasteiger partial charge in [-0.15, -0.1) is 0 Å². The molecule has 0 radical (unpaired) electrons. The molecule has 0 saturated carbocycles. The van der Waals surface area contributed by atoms with Crippen LogP contribution < -0.4 is 11.1 Å². The molecule has 1 fully saturated rings.